The van der Waals surface area contributed by atoms with Gasteiger partial charge in [-0.3, -0.25) is 18.8 Å². The molecule has 31 heavy (non-hydrogen) atoms. The van der Waals surface area contributed by atoms with Gasteiger partial charge < -0.3 is 4.74 Å². The molecule has 0 amide bonds. The smallest absolute Gasteiger partial charge is 0.333 e. The van der Waals surface area contributed by atoms with Crippen LogP contribution in [0, 0.1) is 6.92 Å². The van der Waals surface area contributed by atoms with E-state index < -0.39 is 0 Å². The Morgan fingerprint density at radius 2 is 1.84 bits per heavy atom. The van der Waals surface area contributed by atoms with E-state index in [2.05, 4.69) is 20.1 Å². The maximum absolute atomic E-state index is 13.2. The first-order valence-corrected chi connectivity index (χ1v) is 9.93. The maximum Gasteiger partial charge on any atom is 0.333 e. The molecule has 0 aliphatic heterocycles. The minimum absolute atomic E-state index is 0.138. The van der Waals surface area contributed by atoms with Gasteiger partial charge in [0.25, 0.3) is 0 Å². The van der Waals surface area contributed by atoms with Gasteiger partial charge in [-0.15, -0.1) is 0 Å². The number of aryl methyl sites for hydroxylation is 3. The van der Waals surface area contributed by atoms with Gasteiger partial charge in [-0.2, -0.15) is 5.10 Å². The zero-order valence-electron chi connectivity index (χ0n) is 17.7. The molecule has 0 aliphatic carbocycles. The van der Waals surface area contributed by atoms with Crippen molar-refractivity contribution in [3.63, 3.8) is 0 Å². The van der Waals surface area contributed by atoms with E-state index in [-0.39, 0.29) is 5.69 Å². The third-order valence-corrected chi connectivity index (χ3v) is 5.51. The second-order valence-electron chi connectivity index (χ2n) is 7.31. The highest BCUT2D eigenvalue weighted by molar-refractivity contribution is 6.04. The van der Waals surface area contributed by atoms with Crippen molar-refractivity contribution in [1.82, 2.24) is 33.9 Å². The Bertz CT molecular complexity index is 1490. The quantitative estimate of drug-likeness (QED) is 0.448. The lowest BCUT2D eigenvalue weighted by Crippen LogP contribution is -2.21. The predicted molar refractivity (Wildman–Crippen MR) is 118 cm³/mol. The Labute approximate surface area is 177 Å². The van der Waals surface area contributed by atoms with Crippen molar-refractivity contribution in [2.24, 2.45) is 7.05 Å². The summed E-state index contributed by atoms with van der Waals surface area (Å²) >= 11 is 0. The van der Waals surface area contributed by atoms with Crippen molar-refractivity contribution < 1.29 is 4.74 Å². The average molecular weight is 415 g/mol. The second-order valence-corrected chi connectivity index (χ2v) is 7.31. The minimum Gasteiger partial charge on any atom is -0.467 e. The minimum atomic E-state index is -0.138. The molecule has 9 nitrogen and oxygen atoms in total. The van der Waals surface area contributed by atoms with E-state index in [0.717, 1.165) is 51.0 Å². The summed E-state index contributed by atoms with van der Waals surface area (Å²) in [5.74, 6) is 0. The maximum atomic E-state index is 13.2. The third-order valence-electron chi connectivity index (χ3n) is 5.51. The highest BCUT2D eigenvalue weighted by atomic mass is 16.5. The Morgan fingerprint density at radius 1 is 1.06 bits per heavy atom. The molecule has 0 unspecified atom stereocenters. The fourth-order valence-corrected chi connectivity index (χ4v) is 3.86. The van der Waals surface area contributed by atoms with E-state index >= 15 is 0 Å². The van der Waals surface area contributed by atoms with Gasteiger partial charge in [0.05, 0.1) is 41.2 Å². The van der Waals surface area contributed by atoms with Gasteiger partial charge in [-0.25, -0.2) is 14.8 Å². The summed E-state index contributed by atoms with van der Waals surface area (Å²) in [6, 6.07) is 6.25. The number of methoxy groups -OCH3 is 1. The lowest BCUT2D eigenvalue weighted by atomic mass is 10.1. The molecular formula is C22H21N7O2. The summed E-state index contributed by atoms with van der Waals surface area (Å²) < 4.78 is 10.2. The first kappa shape index (κ1) is 19.0. The van der Waals surface area contributed by atoms with Crippen molar-refractivity contribution in [3.8, 4) is 22.8 Å². The average Bonchev–Trinajstić information content (AvgIpc) is 3.30. The van der Waals surface area contributed by atoms with Crippen LogP contribution in [0.25, 0.3) is 38.8 Å². The molecule has 0 aliphatic rings. The molecule has 0 atom stereocenters. The molecule has 4 heterocycles. The van der Waals surface area contributed by atoms with Gasteiger partial charge >= 0.3 is 11.7 Å². The number of ether oxygens (including phenoxy) is 1. The normalized spacial score (nSPS) is 11.5. The molecule has 9 heteroatoms. The standard InChI is InChI=1S/C22H21N7O2/c1-5-28-12-19(13(2)26-28)29-20-16-8-14(15-9-24-21(31-4)25-10-15)6-7-17(16)23-11-18(20)27(3)22(29)30/h6-12H,5H2,1-4H3. The van der Waals surface area contributed by atoms with Gasteiger partial charge in [-0.1, -0.05) is 6.07 Å². The molecular weight excluding hydrogens is 394 g/mol. The molecule has 4 aromatic heterocycles. The molecule has 1 aromatic carbocycles. The lowest BCUT2D eigenvalue weighted by Gasteiger charge is -2.07. The predicted octanol–water partition coefficient (Wildman–Crippen LogP) is 2.87. The fraction of sp³-hybridized carbons (Fsp3) is 0.227. The van der Waals surface area contributed by atoms with E-state index in [9.17, 15) is 4.79 Å². The number of benzene rings is 1. The number of hydrogen-bond acceptors (Lipinski definition) is 6. The number of pyridine rings is 1. The van der Waals surface area contributed by atoms with Gasteiger partial charge in [0.1, 0.15) is 0 Å². The number of hydrogen-bond donors (Lipinski definition) is 0. The van der Waals surface area contributed by atoms with E-state index in [4.69, 9.17) is 4.74 Å². The molecule has 156 valence electrons. The number of imidazole rings is 1. The van der Waals surface area contributed by atoms with E-state index in [1.165, 1.54) is 7.11 Å². The van der Waals surface area contributed by atoms with Crippen LogP contribution in [0.1, 0.15) is 12.6 Å². The second kappa shape index (κ2) is 7.05. The van der Waals surface area contributed by atoms with Crippen molar-refractivity contribution in [1.29, 1.82) is 0 Å². The Morgan fingerprint density at radius 3 is 2.52 bits per heavy atom. The summed E-state index contributed by atoms with van der Waals surface area (Å²) in [7, 11) is 3.29. The van der Waals surface area contributed by atoms with E-state index in [1.54, 1.807) is 34.8 Å². The SMILES string of the molecule is CCn1cc(-n2c(=O)n(C)c3cnc4ccc(-c5cnc(OC)nc5)cc4c32)c(C)n1. The Kier molecular flexibility index (Phi) is 4.32. The number of rotatable bonds is 4. The van der Waals surface area contributed by atoms with Crippen molar-refractivity contribution in [2.45, 2.75) is 20.4 Å². The summed E-state index contributed by atoms with van der Waals surface area (Å²) in [4.78, 5) is 26.2. The lowest BCUT2D eigenvalue weighted by molar-refractivity contribution is 0.380. The van der Waals surface area contributed by atoms with Crippen molar-refractivity contribution >= 4 is 21.9 Å². The molecule has 0 saturated heterocycles. The molecule has 0 bridgehead atoms. The Hall–Kier alpha value is -4.01. The van der Waals surface area contributed by atoms with Crippen LogP contribution in [0.5, 0.6) is 6.01 Å². The summed E-state index contributed by atoms with van der Waals surface area (Å²) in [5, 5.41) is 5.40. The van der Waals surface area contributed by atoms with Gasteiger partial charge in [0.15, 0.2) is 0 Å². The largest absolute Gasteiger partial charge is 0.467 e. The highest BCUT2D eigenvalue weighted by Crippen LogP contribution is 2.30. The zero-order valence-corrected chi connectivity index (χ0v) is 17.7. The monoisotopic (exact) mass is 415 g/mol. The summed E-state index contributed by atoms with van der Waals surface area (Å²) in [5.41, 5.74) is 5.54. The molecule has 5 aromatic rings. The van der Waals surface area contributed by atoms with Gasteiger partial charge in [-0.05, 0) is 31.5 Å². The van der Waals surface area contributed by atoms with Crippen molar-refractivity contribution in [2.75, 3.05) is 7.11 Å². The molecule has 0 fully saturated rings. The van der Waals surface area contributed by atoms with E-state index in [1.807, 2.05) is 42.9 Å². The molecule has 0 radical (unpaired) electrons. The summed E-state index contributed by atoms with van der Waals surface area (Å²) in [6.45, 7) is 4.66. The molecule has 5 rings (SSSR count). The van der Waals surface area contributed by atoms with Gasteiger partial charge in [0.2, 0.25) is 0 Å². The number of nitrogens with zero attached hydrogens (tertiary/aromatic N) is 7. The van der Waals surface area contributed by atoms with Crippen LogP contribution in [-0.4, -0.2) is 41.0 Å². The topological polar surface area (TPSA) is 92.7 Å². The first-order valence-electron chi connectivity index (χ1n) is 9.93. The van der Waals surface area contributed by atoms with Crippen LogP contribution in [0.3, 0.4) is 0 Å². The third kappa shape index (κ3) is 2.89. The van der Waals surface area contributed by atoms with Crippen LogP contribution in [0.4, 0.5) is 0 Å². The van der Waals surface area contributed by atoms with Crippen LogP contribution in [0.15, 0.2) is 47.8 Å². The van der Waals surface area contributed by atoms with Crippen LogP contribution >= 0.6 is 0 Å². The highest BCUT2D eigenvalue weighted by Gasteiger charge is 2.19. The van der Waals surface area contributed by atoms with Crippen LogP contribution in [-0.2, 0) is 13.6 Å². The molecule has 0 spiro atoms. The zero-order chi connectivity index (χ0) is 21.7. The van der Waals surface area contributed by atoms with E-state index in [0.29, 0.717) is 6.01 Å². The van der Waals surface area contributed by atoms with Crippen LogP contribution in [0.2, 0.25) is 0 Å². The number of fused-ring (bicyclic) bond motifs is 3. The van der Waals surface area contributed by atoms with Crippen molar-refractivity contribution in [3.05, 3.63) is 59.2 Å². The van der Waals surface area contributed by atoms with Crippen LogP contribution < -0.4 is 10.4 Å². The summed E-state index contributed by atoms with van der Waals surface area (Å²) in [6.07, 6.45) is 7.08. The van der Waals surface area contributed by atoms with Gasteiger partial charge in [0, 0.05) is 43.1 Å². The first-order chi connectivity index (χ1) is 15.0. The fourth-order valence-electron chi connectivity index (χ4n) is 3.86. The molecule has 0 N–H and O–H groups in total. The number of aromatic nitrogens is 7. The Balaban J connectivity index is 1.83. The molecule has 0 saturated carbocycles.